The third kappa shape index (κ3) is 5.37. The number of carbonyl (C=O) groups is 3. The molecule has 1 aromatic rings. The lowest BCUT2D eigenvalue weighted by atomic mass is 9.87. The number of halogens is 1. The highest BCUT2D eigenvalue weighted by atomic mass is 19.1. The second-order valence-electron chi connectivity index (χ2n) is 8.66. The first-order valence-corrected chi connectivity index (χ1v) is 11.0. The molecule has 0 spiro atoms. The molecule has 3 amide bonds. The number of nitrogens with one attached hydrogen (secondary N) is 1. The molecule has 0 radical (unpaired) electrons. The molecule has 2 aliphatic rings. The minimum atomic E-state index is -0.628. The van der Waals surface area contributed by atoms with Crippen LogP contribution < -0.4 is 5.32 Å². The summed E-state index contributed by atoms with van der Waals surface area (Å²) in [5.41, 5.74) is 0.334. The molecule has 2 aliphatic heterocycles. The molecule has 2 fully saturated rings. The maximum atomic E-state index is 13.3. The van der Waals surface area contributed by atoms with Gasteiger partial charge in [-0.2, -0.15) is 0 Å². The number of piperidine rings is 2. The number of likely N-dealkylation sites (tertiary alicyclic amines) is 2. The molecule has 30 heavy (non-hydrogen) atoms. The van der Waals surface area contributed by atoms with Crippen LogP contribution in [0.5, 0.6) is 0 Å². The summed E-state index contributed by atoms with van der Waals surface area (Å²) in [5.74, 6) is -0.771. The Morgan fingerprint density at radius 3 is 2.03 bits per heavy atom. The fraction of sp³-hybridized carbons (Fsp3) is 0.609. The number of amides is 3. The molecular weight excluding hydrogens is 385 g/mol. The quantitative estimate of drug-likeness (QED) is 0.801. The predicted molar refractivity (Wildman–Crippen MR) is 112 cm³/mol. The van der Waals surface area contributed by atoms with E-state index in [0.717, 1.165) is 19.3 Å². The molecule has 2 heterocycles. The summed E-state index contributed by atoms with van der Waals surface area (Å²) >= 11 is 0. The Morgan fingerprint density at radius 2 is 1.47 bits per heavy atom. The van der Waals surface area contributed by atoms with E-state index in [-0.39, 0.29) is 29.6 Å². The van der Waals surface area contributed by atoms with Crippen molar-refractivity contribution < 1.29 is 18.8 Å². The first-order valence-electron chi connectivity index (χ1n) is 11.0. The normalized spacial score (nSPS) is 18.9. The highest BCUT2D eigenvalue weighted by Crippen LogP contribution is 2.25. The van der Waals surface area contributed by atoms with Crippen LogP contribution in [0.1, 0.15) is 56.3 Å². The molecule has 2 saturated heterocycles. The van der Waals surface area contributed by atoms with E-state index in [1.54, 1.807) is 0 Å². The Bertz CT molecular complexity index is 751. The molecule has 6 nitrogen and oxygen atoms in total. The molecule has 0 aromatic heterocycles. The fourth-order valence-electron chi connectivity index (χ4n) is 4.34. The molecule has 0 aliphatic carbocycles. The molecule has 7 heteroatoms. The number of carbonyl (C=O) groups excluding carboxylic acids is 3. The third-order valence-electron chi connectivity index (χ3n) is 6.14. The predicted octanol–water partition coefficient (Wildman–Crippen LogP) is 2.83. The van der Waals surface area contributed by atoms with Gasteiger partial charge in [-0.15, -0.1) is 0 Å². The van der Waals surface area contributed by atoms with Gasteiger partial charge in [0.05, 0.1) is 0 Å². The lowest BCUT2D eigenvalue weighted by Crippen LogP contribution is -2.55. The van der Waals surface area contributed by atoms with E-state index >= 15 is 0 Å². The second-order valence-corrected chi connectivity index (χ2v) is 8.66. The zero-order chi connectivity index (χ0) is 21.7. The molecule has 1 unspecified atom stereocenters. The highest BCUT2D eigenvalue weighted by molar-refractivity contribution is 5.97. The molecular formula is C23H32FN3O3. The van der Waals surface area contributed by atoms with Gasteiger partial charge >= 0.3 is 0 Å². The van der Waals surface area contributed by atoms with Crippen LogP contribution in [0.4, 0.5) is 4.39 Å². The SMILES string of the molecule is CC(C)C(=O)N1CCC(C(NC(=O)c2ccc(F)cc2)C(=O)N2CCCCC2)CC1. The van der Waals surface area contributed by atoms with Crippen molar-refractivity contribution in [1.29, 1.82) is 0 Å². The summed E-state index contributed by atoms with van der Waals surface area (Å²) in [6.45, 7) is 6.40. The van der Waals surface area contributed by atoms with E-state index in [1.807, 2.05) is 23.6 Å². The van der Waals surface area contributed by atoms with Crippen LogP contribution >= 0.6 is 0 Å². The summed E-state index contributed by atoms with van der Waals surface area (Å²) in [5, 5.41) is 2.93. The van der Waals surface area contributed by atoms with Crippen molar-refractivity contribution >= 4 is 17.7 Å². The summed E-state index contributed by atoms with van der Waals surface area (Å²) in [6, 6.07) is 4.71. The van der Waals surface area contributed by atoms with Crippen LogP contribution in [0.25, 0.3) is 0 Å². The van der Waals surface area contributed by atoms with Crippen LogP contribution in [0.3, 0.4) is 0 Å². The topological polar surface area (TPSA) is 69.7 Å². The van der Waals surface area contributed by atoms with Crippen molar-refractivity contribution in [3.8, 4) is 0 Å². The fourth-order valence-corrected chi connectivity index (χ4v) is 4.34. The molecule has 1 aromatic carbocycles. The van der Waals surface area contributed by atoms with E-state index in [1.165, 1.54) is 24.3 Å². The van der Waals surface area contributed by atoms with Crippen LogP contribution in [0, 0.1) is 17.7 Å². The van der Waals surface area contributed by atoms with E-state index in [9.17, 15) is 18.8 Å². The Morgan fingerprint density at radius 1 is 0.900 bits per heavy atom. The average Bonchev–Trinajstić information content (AvgIpc) is 2.77. The highest BCUT2D eigenvalue weighted by Gasteiger charge is 2.36. The standard InChI is InChI=1S/C23H32FN3O3/c1-16(2)22(29)27-14-10-17(11-15-27)20(23(30)26-12-4-3-5-13-26)25-21(28)18-6-8-19(24)9-7-18/h6-9,16-17,20H,3-5,10-15H2,1-2H3,(H,25,28). The van der Waals surface area contributed by atoms with Gasteiger partial charge in [-0.1, -0.05) is 13.8 Å². The summed E-state index contributed by atoms with van der Waals surface area (Å²) in [4.78, 5) is 42.1. The lowest BCUT2D eigenvalue weighted by molar-refractivity contribution is -0.138. The second kappa shape index (κ2) is 10.0. The molecule has 164 valence electrons. The van der Waals surface area contributed by atoms with Gasteiger partial charge in [0.15, 0.2) is 0 Å². The van der Waals surface area contributed by atoms with Crippen molar-refractivity contribution in [2.24, 2.45) is 11.8 Å². The van der Waals surface area contributed by atoms with E-state index in [4.69, 9.17) is 0 Å². The van der Waals surface area contributed by atoms with Crippen LogP contribution in [0.15, 0.2) is 24.3 Å². The summed E-state index contributed by atoms with van der Waals surface area (Å²) in [6.07, 6.45) is 4.42. The average molecular weight is 418 g/mol. The Labute approximate surface area is 177 Å². The van der Waals surface area contributed by atoms with Crippen molar-refractivity contribution in [3.63, 3.8) is 0 Å². The van der Waals surface area contributed by atoms with E-state index < -0.39 is 11.9 Å². The van der Waals surface area contributed by atoms with Gasteiger partial charge in [-0.05, 0) is 62.3 Å². The zero-order valence-electron chi connectivity index (χ0n) is 17.9. The number of benzene rings is 1. The lowest BCUT2D eigenvalue weighted by Gasteiger charge is -2.39. The van der Waals surface area contributed by atoms with Gasteiger partial charge in [0.2, 0.25) is 11.8 Å². The van der Waals surface area contributed by atoms with Crippen molar-refractivity contribution in [3.05, 3.63) is 35.6 Å². The van der Waals surface area contributed by atoms with Gasteiger partial charge in [-0.25, -0.2) is 4.39 Å². The van der Waals surface area contributed by atoms with Gasteiger partial charge in [0.1, 0.15) is 11.9 Å². The summed E-state index contributed by atoms with van der Waals surface area (Å²) in [7, 11) is 0. The Balaban J connectivity index is 1.72. The van der Waals surface area contributed by atoms with Crippen molar-refractivity contribution in [2.45, 2.75) is 52.0 Å². The molecule has 0 bridgehead atoms. The number of nitrogens with zero attached hydrogens (tertiary/aromatic N) is 2. The number of hydrogen-bond acceptors (Lipinski definition) is 3. The first kappa shape index (κ1) is 22.2. The maximum Gasteiger partial charge on any atom is 0.251 e. The number of hydrogen-bond donors (Lipinski definition) is 1. The molecule has 1 atom stereocenters. The largest absolute Gasteiger partial charge is 0.342 e. The maximum absolute atomic E-state index is 13.3. The Hall–Kier alpha value is -2.44. The zero-order valence-corrected chi connectivity index (χ0v) is 17.9. The van der Waals surface area contributed by atoms with Crippen LogP contribution in [-0.2, 0) is 9.59 Å². The minimum Gasteiger partial charge on any atom is -0.342 e. The molecule has 1 N–H and O–H groups in total. The smallest absolute Gasteiger partial charge is 0.251 e. The molecule has 3 rings (SSSR count). The Kier molecular flexibility index (Phi) is 7.45. The van der Waals surface area contributed by atoms with Crippen molar-refractivity contribution in [2.75, 3.05) is 26.2 Å². The van der Waals surface area contributed by atoms with Gasteiger partial charge in [0, 0.05) is 37.7 Å². The van der Waals surface area contributed by atoms with Gasteiger partial charge < -0.3 is 15.1 Å². The van der Waals surface area contributed by atoms with Crippen LogP contribution in [0.2, 0.25) is 0 Å². The molecule has 0 saturated carbocycles. The van der Waals surface area contributed by atoms with Gasteiger partial charge in [-0.3, -0.25) is 14.4 Å². The van der Waals surface area contributed by atoms with E-state index in [0.29, 0.717) is 44.6 Å². The van der Waals surface area contributed by atoms with Crippen molar-refractivity contribution in [1.82, 2.24) is 15.1 Å². The van der Waals surface area contributed by atoms with Gasteiger partial charge in [0.25, 0.3) is 5.91 Å². The first-order chi connectivity index (χ1) is 14.4. The van der Waals surface area contributed by atoms with Crippen LogP contribution in [-0.4, -0.2) is 59.7 Å². The third-order valence-corrected chi connectivity index (χ3v) is 6.14. The minimum absolute atomic E-state index is 0.0277. The monoisotopic (exact) mass is 417 g/mol. The summed E-state index contributed by atoms with van der Waals surface area (Å²) < 4.78 is 13.2. The van der Waals surface area contributed by atoms with E-state index in [2.05, 4.69) is 5.32 Å². The number of rotatable bonds is 5.